The van der Waals surface area contributed by atoms with Crippen LogP contribution in [-0.4, -0.2) is 32.9 Å². The van der Waals surface area contributed by atoms with Crippen LogP contribution in [0, 0.1) is 6.92 Å². The second kappa shape index (κ2) is 8.57. The summed E-state index contributed by atoms with van der Waals surface area (Å²) in [6.07, 6.45) is 1.52. The van der Waals surface area contributed by atoms with Crippen LogP contribution in [0.25, 0.3) is 0 Å². The minimum absolute atomic E-state index is 0.136. The predicted octanol–water partition coefficient (Wildman–Crippen LogP) is 2.57. The monoisotopic (exact) mass is 327 g/mol. The van der Waals surface area contributed by atoms with Crippen LogP contribution in [0.3, 0.4) is 0 Å². The molecule has 0 unspecified atom stereocenters. The summed E-state index contributed by atoms with van der Waals surface area (Å²) in [6, 6.07) is 13.2. The number of carbonyl (C=O) groups excluding carboxylic acids is 1. The quantitative estimate of drug-likeness (QED) is 0.606. The number of rotatable bonds is 7. The lowest BCUT2D eigenvalue weighted by molar-refractivity contribution is -0.119. The van der Waals surface area contributed by atoms with E-state index in [4.69, 9.17) is 9.47 Å². The van der Waals surface area contributed by atoms with Crippen molar-refractivity contribution in [2.75, 3.05) is 26.1 Å². The van der Waals surface area contributed by atoms with Crippen molar-refractivity contribution in [1.82, 2.24) is 5.43 Å². The summed E-state index contributed by atoms with van der Waals surface area (Å²) in [7, 11) is 3.12. The van der Waals surface area contributed by atoms with Gasteiger partial charge < -0.3 is 14.8 Å². The number of hydrazone groups is 1. The minimum atomic E-state index is -0.239. The van der Waals surface area contributed by atoms with Gasteiger partial charge in [0.2, 0.25) is 0 Å². The maximum absolute atomic E-state index is 11.9. The highest BCUT2D eigenvalue weighted by Crippen LogP contribution is 2.29. The van der Waals surface area contributed by atoms with Gasteiger partial charge in [-0.3, -0.25) is 4.79 Å². The first-order valence-corrected chi connectivity index (χ1v) is 7.48. The van der Waals surface area contributed by atoms with Gasteiger partial charge in [0.05, 0.1) is 27.0 Å². The molecule has 6 heteroatoms. The summed E-state index contributed by atoms with van der Waals surface area (Å²) in [6.45, 7) is 2.12. The summed E-state index contributed by atoms with van der Waals surface area (Å²) in [5.41, 5.74) is 5.19. The van der Waals surface area contributed by atoms with Gasteiger partial charge in [0.25, 0.3) is 5.91 Å². The molecule has 0 aromatic heterocycles. The van der Waals surface area contributed by atoms with Crippen molar-refractivity contribution in [2.45, 2.75) is 6.92 Å². The Morgan fingerprint density at radius 3 is 2.62 bits per heavy atom. The van der Waals surface area contributed by atoms with Crippen LogP contribution in [0.15, 0.2) is 47.6 Å². The van der Waals surface area contributed by atoms with E-state index in [-0.39, 0.29) is 12.5 Å². The molecule has 2 aromatic carbocycles. The zero-order valence-electron chi connectivity index (χ0n) is 14.0. The van der Waals surface area contributed by atoms with E-state index in [9.17, 15) is 4.79 Å². The first kappa shape index (κ1) is 17.3. The largest absolute Gasteiger partial charge is 0.493 e. The molecule has 126 valence electrons. The van der Waals surface area contributed by atoms with E-state index in [1.165, 1.54) is 6.21 Å². The molecule has 0 aliphatic carbocycles. The molecule has 0 aliphatic heterocycles. The molecule has 0 spiro atoms. The van der Waals surface area contributed by atoms with Crippen molar-refractivity contribution in [1.29, 1.82) is 0 Å². The normalized spacial score (nSPS) is 10.5. The molecule has 0 aliphatic rings. The van der Waals surface area contributed by atoms with E-state index in [0.29, 0.717) is 17.1 Å². The standard InChI is InChI=1S/C18H21N3O3/c1-13-7-4-5-9-15(13)19-12-17(22)21-20-11-14-8-6-10-16(23-2)18(14)24-3/h4-11,19H,12H2,1-3H3,(H,21,22). The Morgan fingerprint density at radius 1 is 1.12 bits per heavy atom. The average molecular weight is 327 g/mol. The molecule has 2 rings (SSSR count). The van der Waals surface area contributed by atoms with Gasteiger partial charge in [-0.1, -0.05) is 24.3 Å². The van der Waals surface area contributed by atoms with Crippen molar-refractivity contribution in [3.63, 3.8) is 0 Å². The van der Waals surface area contributed by atoms with Crippen LogP contribution in [0.1, 0.15) is 11.1 Å². The van der Waals surface area contributed by atoms with E-state index in [0.717, 1.165) is 11.3 Å². The first-order valence-electron chi connectivity index (χ1n) is 7.48. The molecule has 24 heavy (non-hydrogen) atoms. The lowest BCUT2D eigenvalue weighted by Gasteiger charge is -2.10. The number of anilines is 1. The van der Waals surface area contributed by atoms with Gasteiger partial charge in [0.15, 0.2) is 11.5 Å². The molecule has 0 atom stereocenters. The van der Waals surface area contributed by atoms with Gasteiger partial charge in [0.1, 0.15) is 0 Å². The van der Waals surface area contributed by atoms with Gasteiger partial charge >= 0.3 is 0 Å². The molecule has 0 bridgehead atoms. The van der Waals surface area contributed by atoms with Crippen LogP contribution < -0.4 is 20.2 Å². The van der Waals surface area contributed by atoms with Gasteiger partial charge in [-0.05, 0) is 30.7 Å². The van der Waals surface area contributed by atoms with E-state index < -0.39 is 0 Å². The summed E-state index contributed by atoms with van der Waals surface area (Å²) in [5.74, 6) is 0.932. The number of carbonyl (C=O) groups is 1. The van der Waals surface area contributed by atoms with Crippen LogP contribution in [0.2, 0.25) is 0 Å². The number of amides is 1. The number of hydrogen-bond donors (Lipinski definition) is 2. The molecule has 1 amide bonds. The molecule has 2 aromatic rings. The van der Waals surface area contributed by atoms with E-state index in [2.05, 4.69) is 15.8 Å². The molecular formula is C18H21N3O3. The Hall–Kier alpha value is -3.02. The Bertz CT molecular complexity index is 729. The highest BCUT2D eigenvalue weighted by atomic mass is 16.5. The Labute approximate surface area is 141 Å². The fourth-order valence-corrected chi connectivity index (χ4v) is 2.17. The third kappa shape index (κ3) is 4.49. The zero-order valence-corrected chi connectivity index (χ0v) is 14.0. The molecule has 0 fully saturated rings. The van der Waals surface area contributed by atoms with Crippen LogP contribution in [0.4, 0.5) is 5.69 Å². The molecule has 0 saturated carbocycles. The minimum Gasteiger partial charge on any atom is -0.493 e. The molecule has 0 heterocycles. The van der Waals surface area contributed by atoms with Crippen molar-refractivity contribution >= 4 is 17.8 Å². The maximum Gasteiger partial charge on any atom is 0.259 e. The van der Waals surface area contributed by atoms with Crippen LogP contribution >= 0.6 is 0 Å². The molecular weight excluding hydrogens is 306 g/mol. The van der Waals surface area contributed by atoms with E-state index >= 15 is 0 Å². The van der Waals surface area contributed by atoms with Gasteiger partial charge in [-0.2, -0.15) is 5.10 Å². The van der Waals surface area contributed by atoms with Gasteiger partial charge in [-0.15, -0.1) is 0 Å². The topological polar surface area (TPSA) is 72.0 Å². The van der Waals surface area contributed by atoms with Crippen LogP contribution in [-0.2, 0) is 4.79 Å². The molecule has 0 radical (unpaired) electrons. The second-order valence-electron chi connectivity index (χ2n) is 5.04. The number of ether oxygens (including phenoxy) is 2. The Kier molecular flexibility index (Phi) is 6.19. The highest BCUT2D eigenvalue weighted by molar-refractivity contribution is 5.87. The number of nitrogens with one attached hydrogen (secondary N) is 2. The van der Waals surface area contributed by atoms with Crippen LogP contribution in [0.5, 0.6) is 11.5 Å². The number of methoxy groups -OCH3 is 2. The fourth-order valence-electron chi connectivity index (χ4n) is 2.17. The zero-order chi connectivity index (χ0) is 17.4. The molecule has 6 nitrogen and oxygen atoms in total. The number of hydrogen-bond acceptors (Lipinski definition) is 5. The smallest absolute Gasteiger partial charge is 0.259 e. The Morgan fingerprint density at radius 2 is 1.92 bits per heavy atom. The summed E-state index contributed by atoms with van der Waals surface area (Å²) in [5, 5.41) is 7.03. The first-order chi connectivity index (χ1) is 11.7. The van der Waals surface area contributed by atoms with E-state index in [1.54, 1.807) is 20.3 Å². The molecule has 0 saturated heterocycles. The highest BCUT2D eigenvalue weighted by Gasteiger charge is 2.07. The number of aryl methyl sites for hydroxylation is 1. The third-order valence-corrected chi connectivity index (χ3v) is 3.41. The molecule has 2 N–H and O–H groups in total. The van der Waals surface area contributed by atoms with E-state index in [1.807, 2.05) is 43.3 Å². The summed E-state index contributed by atoms with van der Waals surface area (Å²) in [4.78, 5) is 11.9. The number of nitrogens with zero attached hydrogens (tertiary/aromatic N) is 1. The third-order valence-electron chi connectivity index (χ3n) is 3.41. The average Bonchev–Trinajstić information content (AvgIpc) is 2.60. The van der Waals surface area contributed by atoms with Crippen molar-refractivity contribution in [3.8, 4) is 11.5 Å². The van der Waals surface area contributed by atoms with Crippen molar-refractivity contribution in [3.05, 3.63) is 53.6 Å². The van der Waals surface area contributed by atoms with Gasteiger partial charge in [0, 0.05) is 11.3 Å². The summed E-state index contributed by atoms with van der Waals surface area (Å²) < 4.78 is 10.5. The SMILES string of the molecule is COc1cccc(C=NNC(=O)CNc2ccccc2C)c1OC. The van der Waals surface area contributed by atoms with Gasteiger partial charge in [-0.25, -0.2) is 5.43 Å². The Balaban J connectivity index is 1.92. The lowest BCUT2D eigenvalue weighted by atomic mass is 10.2. The van der Waals surface area contributed by atoms with Crippen molar-refractivity contribution in [2.24, 2.45) is 5.10 Å². The van der Waals surface area contributed by atoms with Crippen molar-refractivity contribution < 1.29 is 14.3 Å². The second-order valence-corrected chi connectivity index (χ2v) is 5.04. The lowest BCUT2D eigenvalue weighted by Crippen LogP contribution is -2.26. The number of para-hydroxylation sites is 2. The summed E-state index contributed by atoms with van der Waals surface area (Å²) >= 11 is 0. The predicted molar refractivity (Wildman–Crippen MR) is 95.0 cm³/mol. The fraction of sp³-hybridized carbons (Fsp3) is 0.222. The maximum atomic E-state index is 11.9. The number of benzene rings is 2.